The molecule has 0 aliphatic heterocycles. The first-order valence-corrected chi connectivity index (χ1v) is 4.63. The van der Waals surface area contributed by atoms with Gasteiger partial charge in [-0.25, -0.2) is 4.98 Å². The quantitative estimate of drug-likeness (QED) is 0.758. The number of pyridine rings is 1. The largest absolute Gasteiger partial charge is 0.506 e. The lowest BCUT2D eigenvalue weighted by Crippen LogP contribution is -1.93. The van der Waals surface area contributed by atoms with Gasteiger partial charge < -0.3 is 5.11 Å². The molecule has 0 spiro atoms. The molecule has 0 unspecified atom stereocenters. The normalized spacial score (nSPS) is 10.6. The van der Waals surface area contributed by atoms with E-state index in [1.807, 2.05) is 14.0 Å². The van der Waals surface area contributed by atoms with Crippen LogP contribution >= 0.6 is 0 Å². The lowest BCUT2D eigenvalue weighted by Gasteiger charge is -2.01. The Balaban J connectivity index is 2.55. The van der Waals surface area contributed by atoms with Gasteiger partial charge in [0.15, 0.2) is 0 Å². The van der Waals surface area contributed by atoms with Crippen LogP contribution in [0, 0.1) is 13.8 Å². The van der Waals surface area contributed by atoms with Crippen LogP contribution in [0.4, 0.5) is 0 Å². The number of aryl methyl sites for hydroxylation is 2. The highest BCUT2D eigenvalue weighted by molar-refractivity contribution is 5.57. The Morgan fingerprint density at radius 1 is 1.27 bits per heavy atom. The summed E-state index contributed by atoms with van der Waals surface area (Å²) in [4.78, 5) is 4.25. The van der Waals surface area contributed by atoms with Crippen LogP contribution in [0.15, 0.2) is 12.1 Å². The van der Waals surface area contributed by atoms with Crippen LogP contribution in [-0.4, -0.2) is 25.1 Å². The third-order valence-corrected chi connectivity index (χ3v) is 2.41. The third-order valence-electron chi connectivity index (χ3n) is 2.41. The zero-order valence-electron chi connectivity index (χ0n) is 8.89. The molecule has 0 saturated heterocycles. The van der Waals surface area contributed by atoms with Crippen LogP contribution in [0.25, 0.3) is 11.4 Å². The molecule has 1 N–H and O–H groups in total. The Morgan fingerprint density at radius 3 is 2.53 bits per heavy atom. The molecule has 2 heterocycles. The molecule has 0 radical (unpaired) electrons. The summed E-state index contributed by atoms with van der Waals surface area (Å²) in [6.07, 6.45) is 0. The highest BCUT2D eigenvalue weighted by atomic mass is 16.3. The zero-order chi connectivity index (χ0) is 11.0. The van der Waals surface area contributed by atoms with Gasteiger partial charge in [-0.15, -0.1) is 5.10 Å². The standard InChI is InChI=1S/C10H12N4O/c1-6-9(15)5-4-8(11-6)10-7(2)14(3)13-12-10/h4-5,15H,1-3H3. The Bertz CT molecular complexity index is 504. The average Bonchev–Trinajstić information content (AvgIpc) is 2.53. The molecule has 0 saturated carbocycles. The van der Waals surface area contributed by atoms with Crippen LogP contribution in [0.5, 0.6) is 5.75 Å². The lowest BCUT2D eigenvalue weighted by atomic mass is 10.2. The summed E-state index contributed by atoms with van der Waals surface area (Å²) in [5.41, 5.74) is 3.03. The Morgan fingerprint density at radius 2 is 2.00 bits per heavy atom. The fourth-order valence-electron chi connectivity index (χ4n) is 1.33. The smallest absolute Gasteiger partial charge is 0.136 e. The Hall–Kier alpha value is -1.91. The Labute approximate surface area is 87.4 Å². The molecular weight excluding hydrogens is 192 g/mol. The fraction of sp³-hybridized carbons (Fsp3) is 0.300. The summed E-state index contributed by atoms with van der Waals surface area (Å²) < 4.78 is 1.69. The van der Waals surface area contributed by atoms with E-state index in [4.69, 9.17) is 0 Å². The topological polar surface area (TPSA) is 63.8 Å². The minimum atomic E-state index is 0.195. The summed E-state index contributed by atoms with van der Waals surface area (Å²) in [6.45, 7) is 3.68. The van der Waals surface area contributed by atoms with E-state index in [0.29, 0.717) is 5.69 Å². The SMILES string of the molecule is Cc1nc(-c2nnn(C)c2C)ccc1O. The summed E-state index contributed by atoms with van der Waals surface area (Å²) in [5.74, 6) is 0.195. The first-order chi connectivity index (χ1) is 7.09. The molecule has 0 aromatic carbocycles. The summed E-state index contributed by atoms with van der Waals surface area (Å²) in [6, 6.07) is 3.35. The molecule has 2 rings (SSSR count). The van der Waals surface area contributed by atoms with Crippen LogP contribution in [0.1, 0.15) is 11.4 Å². The molecule has 2 aromatic rings. The predicted molar refractivity (Wildman–Crippen MR) is 55.4 cm³/mol. The van der Waals surface area contributed by atoms with Crippen molar-refractivity contribution >= 4 is 0 Å². The molecule has 15 heavy (non-hydrogen) atoms. The molecule has 78 valence electrons. The predicted octanol–water partition coefficient (Wildman–Crippen LogP) is 1.20. The number of rotatable bonds is 1. The first kappa shape index (κ1) is 9.64. The molecule has 5 nitrogen and oxygen atoms in total. The van der Waals surface area contributed by atoms with Crippen molar-refractivity contribution in [2.24, 2.45) is 7.05 Å². The van der Waals surface area contributed by atoms with Crippen molar-refractivity contribution in [2.75, 3.05) is 0 Å². The van der Waals surface area contributed by atoms with E-state index in [9.17, 15) is 5.11 Å². The van der Waals surface area contributed by atoms with E-state index in [1.165, 1.54) is 0 Å². The van der Waals surface area contributed by atoms with Crippen LogP contribution in [0.2, 0.25) is 0 Å². The highest BCUT2D eigenvalue weighted by Crippen LogP contribution is 2.21. The van der Waals surface area contributed by atoms with Gasteiger partial charge in [0.1, 0.15) is 11.4 Å². The molecular formula is C10H12N4O. The number of hydrogen-bond acceptors (Lipinski definition) is 4. The van der Waals surface area contributed by atoms with E-state index < -0.39 is 0 Å². The molecule has 0 amide bonds. The number of nitrogens with zero attached hydrogens (tertiary/aromatic N) is 4. The zero-order valence-corrected chi connectivity index (χ0v) is 8.89. The van der Waals surface area contributed by atoms with Crippen molar-refractivity contribution in [3.05, 3.63) is 23.5 Å². The van der Waals surface area contributed by atoms with E-state index in [2.05, 4.69) is 15.3 Å². The van der Waals surface area contributed by atoms with Gasteiger partial charge in [-0.05, 0) is 26.0 Å². The van der Waals surface area contributed by atoms with Crippen molar-refractivity contribution in [3.63, 3.8) is 0 Å². The second-order valence-corrected chi connectivity index (χ2v) is 3.45. The lowest BCUT2D eigenvalue weighted by molar-refractivity contribution is 0.468. The first-order valence-electron chi connectivity index (χ1n) is 4.63. The van der Waals surface area contributed by atoms with Crippen molar-refractivity contribution in [1.29, 1.82) is 0 Å². The second-order valence-electron chi connectivity index (χ2n) is 3.45. The Kier molecular flexibility index (Phi) is 2.15. The number of hydrogen-bond donors (Lipinski definition) is 1. The molecule has 0 aliphatic carbocycles. The van der Waals surface area contributed by atoms with Crippen LogP contribution < -0.4 is 0 Å². The van der Waals surface area contributed by atoms with Gasteiger partial charge in [0, 0.05) is 7.05 Å². The van der Waals surface area contributed by atoms with Gasteiger partial charge in [-0.1, -0.05) is 5.21 Å². The van der Waals surface area contributed by atoms with Crippen LogP contribution in [-0.2, 0) is 7.05 Å². The molecule has 0 atom stereocenters. The van der Waals surface area contributed by atoms with E-state index in [-0.39, 0.29) is 5.75 Å². The third kappa shape index (κ3) is 1.56. The minimum absolute atomic E-state index is 0.195. The molecule has 0 aliphatic rings. The maximum absolute atomic E-state index is 9.36. The fourth-order valence-corrected chi connectivity index (χ4v) is 1.33. The van der Waals surface area contributed by atoms with Gasteiger partial charge in [-0.2, -0.15) is 0 Å². The maximum Gasteiger partial charge on any atom is 0.136 e. The molecule has 2 aromatic heterocycles. The van der Waals surface area contributed by atoms with Gasteiger partial charge in [0.25, 0.3) is 0 Å². The summed E-state index contributed by atoms with van der Waals surface area (Å²) >= 11 is 0. The van der Waals surface area contributed by atoms with Crippen molar-refractivity contribution in [2.45, 2.75) is 13.8 Å². The van der Waals surface area contributed by atoms with Crippen LogP contribution in [0.3, 0.4) is 0 Å². The summed E-state index contributed by atoms with van der Waals surface area (Å²) in [5, 5.41) is 17.3. The molecule has 0 bridgehead atoms. The van der Waals surface area contributed by atoms with Crippen molar-refractivity contribution in [3.8, 4) is 17.1 Å². The maximum atomic E-state index is 9.36. The monoisotopic (exact) mass is 204 g/mol. The van der Waals surface area contributed by atoms with Gasteiger partial charge in [-0.3, -0.25) is 4.68 Å². The molecule has 5 heteroatoms. The van der Waals surface area contributed by atoms with Gasteiger partial charge >= 0.3 is 0 Å². The highest BCUT2D eigenvalue weighted by Gasteiger charge is 2.10. The van der Waals surface area contributed by atoms with Crippen molar-refractivity contribution in [1.82, 2.24) is 20.0 Å². The van der Waals surface area contributed by atoms with E-state index in [1.54, 1.807) is 23.7 Å². The van der Waals surface area contributed by atoms with Gasteiger partial charge in [0.2, 0.25) is 0 Å². The van der Waals surface area contributed by atoms with E-state index in [0.717, 1.165) is 17.1 Å². The second kappa shape index (κ2) is 3.34. The van der Waals surface area contributed by atoms with E-state index >= 15 is 0 Å². The number of aromatic hydroxyl groups is 1. The number of aromatic nitrogens is 4. The van der Waals surface area contributed by atoms with Crippen molar-refractivity contribution < 1.29 is 5.11 Å². The molecule has 0 fully saturated rings. The summed E-state index contributed by atoms with van der Waals surface area (Å²) in [7, 11) is 1.83. The average molecular weight is 204 g/mol. The van der Waals surface area contributed by atoms with Gasteiger partial charge in [0.05, 0.1) is 17.1 Å². The minimum Gasteiger partial charge on any atom is -0.506 e.